The Kier molecular flexibility index (Phi) is 4.25. The highest BCUT2D eigenvalue weighted by molar-refractivity contribution is 5.94. The molecule has 0 aliphatic heterocycles. The van der Waals surface area contributed by atoms with Gasteiger partial charge in [0.05, 0.1) is 11.3 Å². The monoisotopic (exact) mass is 254 g/mol. The Morgan fingerprint density at radius 2 is 2.06 bits per heavy atom. The van der Waals surface area contributed by atoms with Crippen molar-refractivity contribution in [1.29, 1.82) is 0 Å². The quantitative estimate of drug-likeness (QED) is 0.622. The number of anilines is 1. The molecule has 4 N–H and O–H groups in total. The summed E-state index contributed by atoms with van der Waals surface area (Å²) in [6, 6.07) is 2.32. The molecule has 1 rings (SSSR count). The second-order valence-electron chi connectivity index (χ2n) is 3.89. The summed E-state index contributed by atoms with van der Waals surface area (Å²) in [5, 5.41) is 0. The number of nitrogens with two attached hydrogens (primary N) is 2. The van der Waals surface area contributed by atoms with Crippen LogP contribution in [-0.2, 0) is 9.53 Å². The number of rotatable bonds is 4. The van der Waals surface area contributed by atoms with Crippen molar-refractivity contribution < 1.29 is 18.7 Å². The molecule has 1 amide bonds. The van der Waals surface area contributed by atoms with E-state index in [9.17, 15) is 14.0 Å². The first kappa shape index (κ1) is 14.0. The van der Waals surface area contributed by atoms with Gasteiger partial charge >= 0.3 is 5.97 Å². The number of halogens is 1. The lowest BCUT2D eigenvalue weighted by Crippen LogP contribution is -2.32. The van der Waals surface area contributed by atoms with Gasteiger partial charge in [0.15, 0.2) is 6.10 Å². The highest BCUT2D eigenvalue weighted by atomic mass is 19.1. The first-order chi connectivity index (χ1) is 8.36. The standard InChI is InChI=1S/C12H15FN2O3/c1-3-10(11(15)16)18-12(17)7-5-9(14)8(13)4-6(7)2/h4-5,10H,3,14H2,1-2H3,(H2,15,16). The largest absolute Gasteiger partial charge is 0.449 e. The number of ether oxygens (including phenoxy) is 1. The SMILES string of the molecule is CCC(OC(=O)c1cc(N)c(F)cc1C)C(N)=O. The molecule has 1 aromatic rings. The molecule has 0 heterocycles. The minimum absolute atomic E-state index is 0.119. The molecule has 18 heavy (non-hydrogen) atoms. The Hall–Kier alpha value is -2.11. The molecule has 1 unspecified atom stereocenters. The lowest BCUT2D eigenvalue weighted by Gasteiger charge is -2.14. The van der Waals surface area contributed by atoms with Crippen LogP contribution in [0.4, 0.5) is 10.1 Å². The number of carbonyl (C=O) groups is 2. The van der Waals surface area contributed by atoms with E-state index in [4.69, 9.17) is 16.2 Å². The summed E-state index contributed by atoms with van der Waals surface area (Å²) in [6.07, 6.45) is -0.722. The van der Waals surface area contributed by atoms with E-state index in [0.717, 1.165) is 6.07 Å². The van der Waals surface area contributed by atoms with Crippen LogP contribution in [0.2, 0.25) is 0 Å². The van der Waals surface area contributed by atoms with Crippen molar-refractivity contribution in [3.05, 3.63) is 29.1 Å². The fraction of sp³-hybridized carbons (Fsp3) is 0.333. The normalized spacial score (nSPS) is 11.9. The van der Waals surface area contributed by atoms with Gasteiger partial charge in [0.2, 0.25) is 0 Å². The first-order valence-corrected chi connectivity index (χ1v) is 5.42. The highest BCUT2D eigenvalue weighted by Gasteiger charge is 2.21. The lowest BCUT2D eigenvalue weighted by atomic mass is 10.1. The van der Waals surface area contributed by atoms with E-state index in [-0.39, 0.29) is 17.7 Å². The Balaban J connectivity index is 2.97. The van der Waals surface area contributed by atoms with Gasteiger partial charge < -0.3 is 16.2 Å². The average Bonchev–Trinajstić information content (AvgIpc) is 2.29. The van der Waals surface area contributed by atoms with Gasteiger partial charge in [-0.15, -0.1) is 0 Å². The van der Waals surface area contributed by atoms with Gasteiger partial charge in [0, 0.05) is 0 Å². The number of carbonyl (C=O) groups excluding carboxylic acids is 2. The average molecular weight is 254 g/mol. The molecule has 0 saturated carbocycles. The van der Waals surface area contributed by atoms with E-state index in [2.05, 4.69) is 0 Å². The van der Waals surface area contributed by atoms with Gasteiger partial charge in [-0.3, -0.25) is 4.79 Å². The number of esters is 1. The van der Waals surface area contributed by atoms with Crippen molar-refractivity contribution in [2.24, 2.45) is 5.73 Å². The molecule has 0 aromatic heterocycles. The Labute approximate surface area is 104 Å². The number of hydrogen-bond donors (Lipinski definition) is 2. The maximum Gasteiger partial charge on any atom is 0.339 e. The Morgan fingerprint density at radius 1 is 1.44 bits per heavy atom. The number of amides is 1. The third-order valence-corrected chi connectivity index (χ3v) is 2.50. The number of hydrogen-bond acceptors (Lipinski definition) is 4. The fourth-order valence-corrected chi connectivity index (χ4v) is 1.44. The molecule has 6 heteroatoms. The van der Waals surface area contributed by atoms with Crippen molar-refractivity contribution in [1.82, 2.24) is 0 Å². The molecule has 5 nitrogen and oxygen atoms in total. The van der Waals surface area contributed by atoms with Crippen molar-refractivity contribution >= 4 is 17.6 Å². The molecule has 0 saturated heterocycles. The minimum Gasteiger partial charge on any atom is -0.449 e. The van der Waals surface area contributed by atoms with Gasteiger partial charge in [0.1, 0.15) is 5.82 Å². The summed E-state index contributed by atoms with van der Waals surface area (Å²) in [7, 11) is 0. The van der Waals surface area contributed by atoms with Crippen LogP contribution in [0.3, 0.4) is 0 Å². The summed E-state index contributed by atoms with van der Waals surface area (Å²) in [4.78, 5) is 22.8. The van der Waals surface area contributed by atoms with Gasteiger partial charge in [-0.2, -0.15) is 0 Å². The lowest BCUT2D eigenvalue weighted by molar-refractivity contribution is -0.126. The smallest absolute Gasteiger partial charge is 0.339 e. The van der Waals surface area contributed by atoms with E-state index in [0.29, 0.717) is 5.56 Å². The molecular weight excluding hydrogens is 239 g/mol. The third kappa shape index (κ3) is 2.97. The van der Waals surface area contributed by atoms with Crippen LogP contribution < -0.4 is 11.5 Å². The molecule has 0 radical (unpaired) electrons. The second kappa shape index (κ2) is 5.48. The Bertz CT molecular complexity index is 488. The van der Waals surface area contributed by atoms with Gasteiger partial charge in [-0.05, 0) is 31.0 Å². The van der Waals surface area contributed by atoms with Crippen molar-refractivity contribution in [3.63, 3.8) is 0 Å². The first-order valence-electron chi connectivity index (χ1n) is 5.42. The summed E-state index contributed by atoms with van der Waals surface area (Å²) in [5.74, 6) is -2.07. The van der Waals surface area contributed by atoms with E-state index in [1.54, 1.807) is 13.8 Å². The van der Waals surface area contributed by atoms with Gasteiger partial charge in [-0.25, -0.2) is 9.18 Å². The van der Waals surface area contributed by atoms with Crippen molar-refractivity contribution in [2.75, 3.05) is 5.73 Å². The zero-order chi connectivity index (χ0) is 13.9. The van der Waals surface area contributed by atoms with E-state index in [1.807, 2.05) is 0 Å². The summed E-state index contributed by atoms with van der Waals surface area (Å²) in [6.45, 7) is 3.21. The molecule has 0 spiro atoms. The second-order valence-corrected chi connectivity index (χ2v) is 3.89. The van der Waals surface area contributed by atoms with Gasteiger partial charge in [-0.1, -0.05) is 6.92 Å². The molecule has 0 aliphatic rings. The molecule has 1 atom stereocenters. The molecule has 0 aliphatic carbocycles. The number of primary amides is 1. The number of nitrogen functional groups attached to an aromatic ring is 1. The fourth-order valence-electron chi connectivity index (χ4n) is 1.44. The van der Waals surface area contributed by atoms with Crippen LogP contribution in [0.15, 0.2) is 12.1 Å². The molecule has 1 aromatic carbocycles. The predicted octanol–water partition coefficient (Wildman–Crippen LogP) is 1.14. The summed E-state index contributed by atoms with van der Waals surface area (Å²) < 4.78 is 18.1. The zero-order valence-electron chi connectivity index (χ0n) is 10.2. The van der Waals surface area contributed by atoms with Gasteiger partial charge in [0.25, 0.3) is 5.91 Å². The van der Waals surface area contributed by atoms with Crippen molar-refractivity contribution in [3.8, 4) is 0 Å². The molecule has 0 bridgehead atoms. The third-order valence-electron chi connectivity index (χ3n) is 2.50. The van der Waals surface area contributed by atoms with Crippen LogP contribution in [0, 0.1) is 12.7 Å². The van der Waals surface area contributed by atoms with Crippen LogP contribution in [0.5, 0.6) is 0 Å². The maximum absolute atomic E-state index is 13.1. The molecular formula is C12H15FN2O3. The van der Waals surface area contributed by atoms with Crippen LogP contribution in [0.25, 0.3) is 0 Å². The van der Waals surface area contributed by atoms with Crippen LogP contribution in [-0.4, -0.2) is 18.0 Å². The summed E-state index contributed by atoms with van der Waals surface area (Å²) in [5.41, 5.74) is 10.8. The predicted molar refractivity (Wildman–Crippen MR) is 64.2 cm³/mol. The van der Waals surface area contributed by atoms with Crippen molar-refractivity contribution in [2.45, 2.75) is 26.4 Å². The minimum atomic E-state index is -0.997. The zero-order valence-corrected chi connectivity index (χ0v) is 10.2. The molecule has 98 valence electrons. The maximum atomic E-state index is 13.1. The Morgan fingerprint density at radius 3 is 2.56 bits per heavy atom. The van der Waals surface area contributed by atoms with Crippen LogP contribution >= 0.6 is 0 Å². The van der Waals surface area contributed by atoms with E-state index < -0.39 is 23.8 Å². The van der Waals surface area contributed by atoms with E-state index in [1.165, 1.54) is 6.07 Å². The van der Waals surface area contributed by atoms with Crippen LogP contribution in [0.1, 0.15) is 29.3 Å². The topological polar surface area (TPSA) is 95.4 Å². The molecule has 0 fully saturated rings. The number of aryl methyl sites for hydroxylation is 1. The highest BCUT2D eigenvalue weighted by Crippen LogP contribution is 2.18. The number of benzene rings is 1. The summed E-state index contributed by atoms with van der Waals surface area (Å²) >= 11 is 0. The van der Waals surface area contributed by atoms with E-state index >= 15 is 0 Å².